The SMILES string of the molecule is O=C(NCCN1CCN(c2ncccn2)CC1)C1CC2CCCCC2N1C(=O)c1ccccc1. The number of amides is 2. The molecule has 0 spiro atoms. The second-order valence-electron chi connectivity index (χ2n) is 9.61. The lowest BCUT2D eigenvalue weighted by Crippen LogP contribution is -2.52. The molecule has 3 atom stereocenters. The Morgan fingerprint density at radius 2 is 1.68 bits per heavy atom. The van der Waals surface area contributed by atoms with Crippen molar-refractivity contribution in [2.24, 2.45) is 5.92 Å². The molecule has 5 rings (SSSR count). The molecular formula is C26H34N6O2. The predicted octanol–water partition coefficient (Wildman–Crippen LogP) is 2.19. The van der Waals surface area contributed by atoms with Crippen LogP contribution < -0.4 is 10.2 Å². The minimum Gasteiger partial charge on any atom is -0.353 e. The zero-order valence-electron chi connectivity index (χ0n) is 19.7. The number of likely N-dealkylation sites (tertiary alicyclic amines) is 1. The smallest absolute Gasteiger partial charge is 0.254 e. The molecule has 180 valence electrons. The molecule has 2 saturated heterocycles. The predicted molar refractivity (Wildman–Crippen MR) is 130 cm³/mol. The number of aromatic nitrogens is 2. The van der Waals surface area contributed by atoms with E-state index in [1.807, 2.05) is 41.3 Å². The van der Waals surface area contributed by atoms with Crippen molar-refractivity contribution >= 4 is 17.8 Å². The van der Waals surface area contributed by atoms with Crippen molar-refractivity contribution in [3.05, 3.63) is 54.4 Å². The molecule has 8 heteroatoms. The van der Waals surface area contributed by atoms with Crippen molar-refractivity contribution in [1.82, 2.24) is 25.1 Å². The van der Waals surface area contributed by atoms with Gasteiger partial charge in [-0.25, -0.2) is 9.97 Å². The third kappa shape index (κ3) is 4.92. The number of nitrogens with zero attached hydrogens (tertiary/aromatic N) is 5. The summed E-state index contributed by atoms with van der Waals surface area (Å²) in [7, 11) is 0. The highest BCUT2D eigenvalue weighted by Crippen LogP contribution is 2.40. The normalized spacial score (nSPS) is 25.1. The lowest BCUT2D eigenvalue weighted by Gasteiger charge is -2.35. The first-order valence-electron chi connectivity index (χ1n) is 12.6. The average molecular weight is 463 g/mol. The Balaban J connectivity index is 1.15. The molecule has 2 aromatic rings. The minimum absolute atomic E-state index is 0.00463. The van der Waals surface area contributed by atoms with Crippen molar-refractivity contribution in [2.75, 3.05) is 44.2 Å². The van der Waals surface area contributed by atoms with E-state index in [9.17, 15) is 9.59 Å². The Kier molecular flexibility index (Phi) is 7.04. The quantitative estimate of drug-likeness (QED) is 0.709. The minimum atomic E-state index is -0.368. The molecule has 34 heavy (non-hydrogen) atoms. The Morgan fingerprint density at radius 1 is 0.941 bits per heavy atom. The number of carbonyl (C=O) groups excluding carboxylic acids is 2. The highest BCUT2D eigenvalue weighted by molar-refractivity contribution is 5.98. The fourth-order valence-electron chi connectivity index (χ4n) is 5.80. The summed E-state index contributed by atoms with van der Waals surface area (Å²) in [5, 5.41) is 3.15. The number of hydrogen-bond acceptors (Lipinski definition) is 6. The van der Waals surface area contributed by atoms with E-state index in [1.54, 1.807) is 12.4 Å². The van der Waals surface area contributed by atoms with Crippen LogP contribution in [0, 0.1) is 5.92 Å². The number of hydrogen-bond donors (Lipinski definition) is 1. The number of carbonyl (C=O) groups is 2. The molecular weight excluding hydrogens is 428 g/mol. The molecule has 1 N–H and O–H groups in total. The van der Waals surface area contributed by atoms with E-state index in [0.717, 1.165) is 64.4 Å². The van der Waals surface area contributed by atoms with Gasteiger partial charge in [0.25, 0.3) is 5.91 Å². The maximum Gasteiger partial charge on any atom is 0.254 e. The first-order valence-corrected chi connectivity index (χ1v) is 12.6. The van der Waals surface area contributed by atoms with Crippen molar-refractivity contribution < 1.29 is 9.59 Å². The van der Waals surface area contributed by atoms with Crippen LogP contribution in [0.3, 0.4) is 0 Å². The molecule has 0 radical (unpaired) electrons. The molecule has 0 bridgehead atoms. The van der Waals surface area contributed by atoms with Crippen LogP contribution in [0.5, 0.6) is 0 Å². The number of piperazine rings is 1. The van der Waals surface area contributed by atoms with Gasteiger partial charge in [-0.1, -0.05) is 31.0 Å². The third-order valence-electron chi connectivity index (χ3n) is 7.58. The Labute approximate surface area is 201 Å². The lowest BCUT2D eigenvalue weighted by molar-refractivity contribution is -0.125. The third-order valence-corrected chi connectivity index (χ3v) is 7.58. The van der Waals surface area contributed by atoms with Crippen LogP contribution in [0.1, 0.15) is 42.5 Å². The summed E-state index contributed by atoms with van der Waals surface area (Å²) in [6, 6.07) is 11.1. The fourth-order valence-corrected chi connectivity index (χ4v) is 5.80. The van der Waals surface area contributed by atoms with Crippen molar-refractivity contribution in [3.63, 3.8) is 0 Å². The zero-order valence-corrected chi connectivity index (χ0v) is 19.7. The summed E-state index contributed by atoms with van der Waals surface area (Å²) >= 11 is 0. The molecule has 2 aliphatic heterocycles. The van der Waals surface area contributed by atoms with Crippen LogP contribution >= 0.6 is 0 Å². The van der Waals surface area contributed by atoms with Gasteiger partial charge in [-0.2, -0.15) is 0 Å². The van der Waals surface area contributed by atoms with E-state index >= 15 is 0 Å². The van der Waals surface area contributed by atoms with Crippen molar-refractivity contribution in [3.8, 4) is 0 Å². The summed E-state index contributed by atoms with van der Waals surface area (Å²) in [4.78, 5) is 41.8. The van der Waals surface area contributed by atoms with Gasteiger partial charge in [0.1, 0.15) is 6.04 Å². The molecule has 3 heterocycles. The standard InChI is InChI=1S/C26H34N6O2/c33-24(27-13-14-30-15-17-31(18-16-30)26-28-11-6-12-29-26)23-19-21-9-4-5-10-22(21)32(23)25(34)20-7-2-1-3-8-20/h1-3,6-8,11-12,21-23H,4-5,9-10,13-19H2,(H,27,33). The lowest BCUT2D eigenvalue weighted by atomic mass is 9.84. The molecule has 3 unspecified atom stereocenters. The summed E-state index contributed by atoms with van der Waals surface area (Å²) in [5.74, 6) is 1.20. The molecule has 1 aliphatic carbocycles. The fraction of sp³-hybridized carbons (Fsp3) is 0.538. The van der Waals surface area contributed by atoms with Gasteiger partial charge in [0.2, 0.25) is 11.9 Å². The van der Waals surface area contributed by atoms with Crippen molar-refractivity contribution in [2.45, 2.75) is 44.2 Å². The Bertz CT molecular complexity index is 964. The van der Waals surface area contributed by atoms with E-state index in [4.69, 9.17) is 0 Å². The number of rotatable bonds is 6. The summed E-state index contributed by atoms with van der Waals surface area (Å²) in [6.07, 6.45) is 8.77. The van der Waals surface area contributed by atoms with Crippen LogP contribution in [0.2, 0.25) is 0 Å². The number of benzene rings is 1. The van der Waals surface area contributed by atoms with E-state index in [-0.39, 0.29) is 23.9 Å². The second kappa shape index (κ2) is 10.5. The van der Waals surface area contributed by atoms with Gasteiger partial charge in [-0.3, -0.25) is 14.5 Å². The van der Waals surface area contributed by atoms with E-state index in [1.165, 1.54) is 6.42 Å². The van der Waals surface area contributed by atoms with Crippen LogP contribution in [0.25, 0.3) is 0 Å². The number of anilines is 1. The largest absolute Gasteiger partial charge is 0.353 e. The maximum atomic E-state index is 13.4. The van der Waals surface area contributed by atoms with Gasteiger partial charge in [-0.15, -0.1) is 0 Å². The summed E-state index contributed by atoms with van der Waals surface area (Å²) in [6.45, 7) is 4.99. The molecule has 3 aliphatic rings. The maximum absolute atomic E-state index is 13.4. The van der Waals surface area contributed by atoms with Gasteiger partial charge < -0.3 is 15.1 Å². The topological polar surface area (TPSA) is 81.7 Å². The van der Waals surface area contributed by atoms with E-state index in [0.29, 0.717) is 18.0 Å². The average Bonchev–Trinajstić information content (AvgIpc) is 3.29. The summed E-state index contributed by atoms with van der Waals surface area (Å²) < 4.78 is 0. The molecule has 3 fully saturated rings. The molecule has 1 aromatic heterocycles. The molecule has 8 nitrogen and oxygen atoms in total. The highest BCUT2D eigenvalue weighted by Gasteiger charge is 2.47. The first-order chi connectivity index (χ1) is 16.7. The van der Waals surface area contributed by atoms with Gasteiger partial charge >= 0.3 is 0 Å². The van der Waals surface area contributed by atoms with Crippen LogP contribution in [0.15, 0.2) is 48.8 Å². The zero-order chi connectivity index (χ0) is 23.3. The van der Waals surface area contributed by atoms with Gasteiger partial charge in [0, 0.05) is 63.3 Å². The Morgan fingerprint density at radius 3 is 2.44 bits per heavy atom. The van der Waals surface area contributed by atoms with Gasteiger partial charge in [0.05, 0.1) is 0 Å². The highest BCUT2D eigenvalue weighted by atomic mass is 16.2. The van der Waals surface area contributed by atoms with E-state index < -0.39 is 0 Å². The molecule has 1 saturated carbocycles. The van der Waals surface area contributed by atoms with Crippen molar-refractivity contribution in [1.29, 1.82) is 0 Å². The number of fused-ring (bicyclic) bond motifs is 1. The van der Waals surface area contributed by atoms with Gasteiger partial charge in [-0.05, 0) is 43.4 Å². The molecule has 1 aromatic carbocycles. The monoisotopic (exact) mass is 462 g/mol. The molecule has 2 amide bonds. The van der Waals surface area contributed by atoms with Crippen LogP contribution in [-0.4, -0.2) is 82.9 Å². The van der Waals surface area contributed by atoms with E-state index in [2.05, 4.69) is 25.1 Å². The van der Waals surface area contributed by atoms with Gasteiger partial charge in [0.15, 0.2) is 0 Å². The number of nitrogens with one attached hydrogen (secondary N) is 1. The summed E-state index contributed by atoms with van der Waals surface area (Å²) in [5.41, 5.74) is 0.673. The Hall–Kier alpha value is -3.00. The van der Waals surface area contributed by atoms with Crippen LogP contribution in [0.4, 0.5) is 5.95 Å². The second-order valence-corrected chi connectivity index (χ2v) is 9.61. The first kappa shape index (κ1) is 22.8. The van der Waals surface area contributed by atoms with Crippen LogP contribution in [-0.2, 0) is 4.79 Å².